The first-order valence-corrected chi connectivity index (χ1v) is 6.70. The van der Waals surface area contributed by atoms with Gasteiger partial charge in [-0.3, -0.25) is 4.79 Å². The standard InChI is InChI=1S/C16H16N2O3/c1-10-16(20)18(9-11-3-2-4-13(19)7-11)14-6-5-12(17)8-15(14)21-10/h2-8,10,19H,9,17H2,1H3. The highest BCUT2D eigenvalue weighted by Crippen LogP contribution is 2.36. The quantitative estimate of drug-likeness (QED) is 0.830. The zero-order chi connectivity index (χ0) is 15.0. The Kier molecular flexibility index (Phi) is 3.17. The molecular weight excluding hydrogens is 268 g/mol. The number of ether oxygens (including phenoxy) is 1. The third-order valence-corrected chi connectivity index (χ3v) is 3.44. The first-order chi connectivity index (χ1) is 10.0. The SMILES string of the molecule is CC1Oc2cc(N)ccc2N(Cc2cccc(O)c2)C1=O. The molecule has 0 radical (unpaired) electrons. The monoisotopic (exact) mass is 284 g/mol. The summed E-state index contributed by atoms with van der Waals surface area (Å²) >= 11 is 0. The molecule has 3 rings (SSSR count). The van der Waals surface area contributed by atoms with Crippen LogP contribution in [0.4, 0.5) is 11.4 Å². The fraction of sp³-hybridized carbons (Fsp3) is 0.188. The third-order valence-electron chi connectivity index (χ3n) is 3.44. The number of nitrogens with zero attached hydrogens (tertiary/aromatic N) is 1. The molecule has 108 valence electrons. The van der Waals surface area contributed by atoms with E-state index in [1.54, 1.807) is 48.2 Å². The molecule has 1 aliphatic rings. The predicted molar refractivity (Wildman–Crippen MR) is 80.2 cm³/mol. The Morgan fingerprint density at radius 1 is 1.29 bits per heavy atom. The van der Waals surface area contributed by atoms with E-state index < -0.39 is 6.10 Å². The van der Waals surface area contributed by atoms with E-state index in [1.807, 2.05) is 6.07 Å². The van der Waals surface area contributed by atoms with Gasteiger partial charge in [-0.25, -0.2) is 0 Å². The number of fused-ring (bicyclic) bond motifs is 1. The lowest BCUT2D eigenvalue weighted by molar-refractivity contribution is -0.125. The van der Waals surface area contributed by atoms with Crippen LogP contribution >= 0.6 is 0 Å². The number of amides is 1. The van der Waals surface area contributed by atoms with Gasteiger partial charge in [-0.05, 0) is 36.8 Å². The summed E-state index contributed by atoms with van der Waals surface area (Å²) < 4.78 is 5.60. The van der Waals surface area contributed by atoms with E-state index in [4.69, 9.17) is 10.5 Å². The summed E-state index contributed by atoms with van der Waals surface area (Å²) in [5.74, 6) is 0.664. The Morgan fingerprint density at radius 2 is 2.10 bits per heavy atom. The van der Waals surface area contributed by atoms with Crippen molar-refractivity contribution in [3.63, 3.8) is 0 Å². The normalized spacial score (nSPS) is 17.3. The first kappa shape index (κ1) is 13.3. The zero-order valence-corrected chi connectivity index (χ0v) is 11.6. The average Bonchev–Trinajstić information content (AvgIpc) is 2.44. The van der Waals surface area contributed by atoms with Crippen LogP contribution in [0.25, 0.3) is 0 Å². The van der Waals surface area contributed by atoms with Crippen LogP contribution < -0.4 is 15.4 Å². The van der Waals surface area contributed by atoms with Gasteiger partial charge in [-0.15, -0.1) is 0 Å². The summed E-state index contributed by atoms with van der Waals surface area (Å²) in [6, 6.07) is 12.1. The van der Waals surface area contributed by atoms with Crippen LogP contribution in [0.3, 0.4) is 0 Å². The van der Waals surface area contributed by atoms with Crippen LogP contribution in [-0.2, 0) is 11.3 Å². The minimum Gasteiger partial charge on any atom is -0.508 e. The van der Waals surface area contributed by atoms with Crippen LogP contribution in [-0.4, -0.2) is 17.1 Å². The highest BCUT2D eigenvalue weighted by molar-refractivity contribution is 6.00. The number of hydrogen-bond acceptors (Lipinski definition) is 4. The highest BCUT2D eigenvalue weighted by atomic mass is 16.5. The van der Waals surface area contributed by atoms with Crippen LogP contribution in [0.15, 0.2) is 42.5 Å². The molecule has 0 saturated heterocycles. The average molecular weight is 284 g/mol. The molecular formula is C16H16N2O3. The van der Waals surface area contributed by atoms with Crippen molar-refractivity contribution in [3.05, 3.63) is 48.0 Å². The molecule has 0 saturated carbocycles. The minimum atomic E-state index is -0.559. The van der Waals surface area contributed by atoms with E-state index in [0.717, 1.165) is 5.56 Å². The van der Waals surface area contributed by atoms with Crippen molar-refractivity contribution >= 4 is 17.3 Å². The highest BCUT2D eigenvalue weighted by Gasteiger charge is 2.31. The Morgan fingerprint density at radius 3 is 2.86 bits per heavy atom. The maximum absolute atomic E-state index is 12.4. The molecule has 1 aliphatic heterocycles. The predicted octanol–water partition coefficient (Wildman–Crippen LogP) is 2.29. The van der Waals surface area contributed by atoms with Gasteiger partial charge in [-0.2, -0.15) is 0 Å². The Balaban J connectivity index is 1.99. The number of aromatic hydroxyl groups is 1. The summed E-state index contributed by atoms with van der Waals surface area (Å²) in [5, 5.41) is 9.55. The molecule has 0 aliphatic carbocycles. The lowest BCUT2D eigenvalue weighted by Gasteiger charge is -2.33. The van der Waals surface area contributed by atoms with Crippen molar-refractivity contribution in [1.29, 1.82) is 0 Å². The Bertz CT molecular complexity index is 700. The number of benzene rings is 2. The molecule has 0 fully saturated rings. The van der Waals surface area contributed by atoms with Gasteiger partial charge in [0.15, 0.2) is 6.10 Å². The summed E-state index contributed by atoms with van der Waals surface area (Å²) in [5.41, 5.74) is 7.89. The number of hydrogen-bond donors (Lipinski definition) is 2. The van der Waals surface area contributed by atoms with E-state index in [2.05, 4.69) is 0 Å². The minimum absolute atomic E-state index is 0.115. The molecule has 5 heteroatoms. The van der Waals surface area contributed by atoms with Gasteiger partial charge in [0.25, 0.3) is 5.91 Å². The molecule has 3 N–H and O–H groups in total. The van der Waals surface area contributed by atoms with E-state index >= 15 is 0 Å². The number of nitrogen functional groups attached to an aromatic ring is 1. The molecule has 2 aromatic rings. The smallest absolute Gasteiger partial charge is 0.268 e. The number of rotatable bonds is 2. The number of carbonyl (C=O) groups excluding carboxylic acids is 1. The third kappa shape index (κ3) is 2.50. The second-order valence-corrected chi connectivity index (χ2v) is 5.08. The van der Waals surface area contributed by atoms with Gasteiger partial charge >= 0.3 is 0 Å². The largest absolute Gasteiger partial charge is 0.508 e. The van der Waals surface area contributed by atoms with Crippen LogP contribution in [0.5, 0.6) is 11.5 Å². The Labute approximate surface area is 122 Å². The summed E-state index contributed by atoms with van der Waals surface area (Å²) in [6.45, 7) is 2.09. The molecule has 0 bridgehead atoms. The van der Waals surface area contributed by atoms with Gasteiger partial charge in [0, 0.05) is 11.8 Å². The van der Waals surface area contributed by atoms with E-state index in [9.17, 15) is 9.90 Å². The maximum atomic E-state index is 12.4. The molecule has 0 aromatic heterocycles. The van der Waals surface area contributed by atoms with Crippen LogP contribution in [0.1, 0.15) is 12.5 Å². The fourth-order valence-corrected chi connectivity index (χ4v) is 2.43. The topological polar surface area (TPSA) is 75.8 Å². The summed E-state index contributed by atoms with van der Waals surface area (Å²) in [6.07, 6.45) is -0.559. The van der Waals surface area contributed by atoms with Crippen molar-refractivity contribution in [1.82, 2.24) is 0 Å². The van der Waals surface area contributed by atoms with Gasteiger partial charge in [-0.1, -0.05) is 12.1 Å². The molecule has 0 spiro atoms. The number of anilines is 2. The van der Waals surface area contributed by atoms with Gasteiger partial charge < -0.3 is 20.5 Å². The fourth-order valence-electron chi connectivity index (χ4n) is 2.43. The van der Waals surface area contributed by atoms with Gasteiger partial charge in [0.05, 0.1) is 12.2 Å². The molecule has 21 heavy (non-hydrogen) atoms. The summed E-state index contributed by atoms with van der Waals surface area (Å²) in [4.78, 5) is 14.0. The van der Waals surface area contributed by atoms with E-state index in [-0.39, 0.29) is 11.7 Å². The van der Waals surface area contributed by atoms with E-state index in [0.29, 0.717) is 23.7 Å². The van der Waals surface area contributed by atoms with Crippen LogP contribution in [0.2, 0.25) is 0 Å². The first-order valence-electron chi connectivity index (χ1n) is 6.70. The number of phenols is 1. The lowest BCUT2D eigenvalue weighted by Crippen LogP contribution is -2.44. The molecule has 1 atom stereocenters. The molecule has 5 nitrogen and oxygen atoms in total. The van der Waals surface area contributed by atoms with Crippen LogP contribution in [0, 0.1) is 0 Å². The lowest BCUT2D eigenvalue weighted by atomic mass is 10.1. The second kappa shape index (κ2) is 5.01. The molecule has 2 aromatic carbocycles. The zero-order valence-electron chi connectivity index (χ0n) is 11.6. The van der Waals surface area contributed by atoms with Crippen molar-refractivity contribution < 1.29 is 14.6 Å². The number of phenolic OH excluding ortho intramolecular Hbond substituents is 1. The van der Waals surface area contributed by atoms with Crippen molar-refractivity contribution in [2.75, 3.05) is 10.6 Å². The molecule has 1 heterocycles. The molecule has 1 amide bonds. The maximum Gasteiger partial charge on any atom is 0.268 e. The number of nitrogens with two attached hydrogens (primary N) is 1. The van der Waals surface area contributed by atoms with E-state index in [1.165, 1.54) is 0 Å². The van der Waals surface area contributed by atoms with Crippen molar-refractivity contribution in [3.8, 4) is 11.5 Å². The summed E-state index contributed by atoms with van der Waals surface area (Å²) in [7, 11) is 0. The number of carbonyl (C=O) groups is 1. The van der Waals surface area contributed by atoms with Gasteiger partial charge in [0.2, 0.25) is 0 Å². The Hall–Kier alpha value is -2.69. The van der Waals surface area contributed by atoms with Gasteiger partial charge in [0.1, 0.15) is 11.5 Å². The second-order valence-electron chi connectivity index (χ2n) is 5.08. The van der Waals surface area contributed by atoms with Crippen molar-refractivity contribution in [2.45, 2.75) is 19.6 Å². The molecule has 1 unspecified atom stereocenters. The van der Waals surface area contributed by atoms with Crippen molar-refractivity contribution in [2.24, 2.45) is 0 Å².